The van der Waals surface area contributed by atoms with Crippen LogP contribution < -0.4 is 10.1 Å². The smallest absolute Gasteiger partial charge is 0.338 e. The van der Waals surface area contributed by atoms with E-state index in [0.29, 0.717) is 0 Å². The van der Waals surface area contributed by atoms with Gasteiger partial charge in [0.1, 0.15) is 22.1 Å². The quantitative estimate of drug-likeness (QED) is 0.909. The van der Waals surface area contributed by atoms with Gasteiger partial charge in [0, 0.05) is 4.88 Å². The Hall–Kier alpha value is -2.41. The number of rotatable bonds is 4. The predicted molar refractivity (Wildman–Crippen MR) is 76.9 cm³/mol. The number of carboxylic acids is 1. The Bertz CT molecular complexity index is 711. The minimum absolute atomic E-state index is 0.0267. The molecule has 0 aliphatic rings. The molecule has 2 rings (SSSR count). The van der Waals surface area contributed by atoms with Gasteiger partial charge in [-0.3, -0.25) is 4.79 Å². The van der Waals surface area contributed by atoms with Crippen LogP contribution in [0.15, 0.2) is 24.3 Å². The first-order valence-electron chi connectivity index (χ1n) is 5.91. The molecule has 2 N–H and O–H groups in total. The molecule has 5 nitrogen and oxygen atoms in total. The summed E-state index contributed by atoms with van der Waals surface area (Å²) in [6.45, 7) is 1.72. The number of aromatic carboxylic acids is 1. The second-order valence-electron chi connectivity index (χ2n) is 4.18. The van der Waals surface area contributed by atoms with Crippen molar-refractivity contribution in [3.05, 3.63) is 46.1 Å². The SMILES string of the molecule is COc1cccc(F)c1C(=O)Nc1sc(C)cc1C(=O)O. The van der Waals surface area contributed by atoms with Crippen molar-refractivity contribution in [3.63, 3.8) is 0 Å². The molecule has 0 unspecified atom stereocenters. The molecule has 0 aliphatic heterocycles. The molecule has 21 heavy (non-hydrogen) atoms. The summed E-state index contributed by atoms with van der Waals surface area (Å²) in [7, 11) is 1.32. The molecule has 0 bridgehead atoms. The van der Waals surface area contributed by atoms with Crippen LogP contribution in [0.25, 0.3) is 0 Å². The number of hydrogen-bond donors (Lipinski definition) is 2. The lowest BCUT2D eigenvalue weighted by molar-refractivity contribution is 0.0698. The summed E-state index contributed by atoms with van der Waals surface area (Å²) in [6, 6.07) is 5.45. The number of amides is 1. The molecule has 0 spiro atoms. The fraction of sp³-hybridized carbons (Fsp3) is 0.143. The fourth-order valence-corrected chi connectivity index (χ4v) is 2.73. The number of methoxy groups -OCH3 is 1. The van der Waals surface area contributed by atoms with E-state index in [4.69, 9.17) is 9.84 Å². The van der Waals surface area contributed by atoms with Crippen LogP contribution in [0.5, 0.6) is 5.75 Å². The predicted octanol–water partition coefficient (Wildman–Crippen LogP) is 3.15. The molecule has 0 atom stereocenters. The first-order chi connectivity index (χ1) is 9.93. The second kappa shape index (κ2) is 5.92. The van der Waals surface area contributed by atoms with Crippen molar-refractivity contribution in [2.75, 3.05) is 12.4 Å². The third-order valence-corrected chi connectivity index (χ3v) is 3.70. The minimum Gasteiger partial charge on any atom is -0.496 e. The molecule has 110 valence electrons. The standard InChI is InChI=1S/C14H12FNO4S/c1-7-6-8(14(18)19)13(21-7)16-12(17)11-9(15)4-3-5-10(11)20-2/h3-6H,1-2H3,(H,16,17)(H,18,19). The van der Waals surface area contributed by atoms with E-state index in [-0.39, 0.29) is 21.9 Å². The minimum atomic E-state index is -1.16. The highest BCUT2D eigenvalue weighted by Crippen LogP contribution is 2.29. The van der Waals surface area contributed by atoms with Crippen molar-refractivity contribution in [1.82, 2.24) is 0 Å². The van der Waals surface area contributed by atoms with Gasteiger partial charge in [-0.2, -0.15) is 0 Å². The molecular formula is C14H12FNO4S. The van der Waals surface area contributed by atoms with Gasteiger partial charge in [-0.1, -0.05) is 6.07 Å². The molecule has 1 heterocycles. The highest BCUT2D eigenvalue weighted by molar-refractivity contribution is 7.16. The number of nitrogens with one attached hydrogen (secondary N) is 1. The first kappa shape index (κ1) is 15.0. The molecule has 7 heteroatoms. The van der Waals surface area contributed by atoms with Crippen LogP contribution >= 0.6 is 11.3 Å². The number of thiophene rings is 1. The summed E-state index contributed by atoms with van der Waals surface area (Å²) in [5.74, 6) is -2.57. The largest absolute Gasteiger partial charge is 0.496 e. The van der Waals surface area contributed by atoms with Crippen molar-refractivity contribution in [2.45, 2.75) is 6.92 Å². The Labute approximate surface area is 124 Å². The van der Waals surface area contributed by atoms with Crippen molar-refractivity contribution >= 4 is 28.2 Å². The van der Waals surface area contributed by atoms with Crippen LogP contribution in [-0.4, -0.2) is 24.1 Å². The Morgan fingerprint density at radius 3 is 2.71 bits per heavy atom. The number of aryl methyl sites for hydroxylation is 1. The van der Waals surface area contributed by atoms with Gasteiger partial charge < -0.3 is 15.2 Å². The van der Waals surface area contributed by atoms with E-state index >= 15 is 0 Å². The maximum Gasteiger partial charge on any atom is 0.338 e. The zero-order valence-corrected chi connectivity index (χ0v) is 12.1. The van der Waals surface area contributed by atoms with Crippen molar-refractivity contribution < 1.29 is 23.8 Å². The van der Waals surface area contributed by atoms with Crippen molar-refractivity contribution in [2.24, 2.45) is 0 Å². The summed E-state index contributed by atoms with van der Waals surface area (Å²) in [6.07, 6.45) is 0. The molecule has 1 aromatic heterocycles. The molecule has 0 saturated heterocycles. The van der Waals surface area contributed by atoms with Crippen molar-refractivity contribution in [1.29, 1.82) is 0 Å². The number of halogens is 1. The van der Waals surface area contributed by atoms with E-state index in [9.17, 15) is 14.0 Å². The number of benzene rings is 1. The molecule has 0 fully saturated rings. The average Bonchev–Trinajstić information content (AvgIpc) is 2.79. The molecule has 0 aliphatic carbocycles. The lowest BCUT2D eigenvalue weighted by atomic mass is 10.1. The van der Waals surface area contributed by atoms with Gasteiger partial charge in [0.25, 0.3) is 5.91 Å². The summed E-state index contributed by atoms with van der Waals surface area (Å²) < 4.78 is 18.8. The van der Waals surface area contributed by atoms with Crippen LogP contribution in [0.2, 0.25) is 0 Å². The maximum atomic E-state index is 13.8. The zero-order valence-electron chi connectivity index (χ0n) is 11.3. The van der Waals surface area contributed by atoms with Gasteiger partial charge in [-0.15, -0.1) is 11.3 Å². The van der Waals surface area contributed by atoms with Crippen LogP contribution in [0.3, 0.4) is 0 Å². The molecule has 1 aromatic carbocycles. The van der Waals surface area contributed by atoms with Crippen LogP contribution in [0.1, 0.15) is 25.6 Å². The Balaban J connectivity index is 2.37. The van der Waals surface area contributed by atoms with E-state index in [2.05, 4.69) is 5.32 Å². The third kappa shape index (κ3) is 3.03. The maximum absolute atomic E-state index is 13.8. The number of hydrogen-bond acceptors (Lipinski definition) is 4. The monoisotopic (exact) mass is 309 g/mol. The normalized spacial score (nSPS) is 10.2. The van der Waals surface area contributed by atoms with Crippen LogP contribution in [-0.2, 0) is 0 Å². The van der Waals surface area contributed by atoms with Gasteiger partial charge in [-0.05, 0) is 25.1 Å². The lowest BCUT2D eigenvalue weighted by Gasteiger charge is -2.09. The van der Waals surface area contributed by atoms with Crippen LogP contribution in [0, 0.1) is 12.7 Å². The number of ether oxygens (including phenoxy) is 1. The van der Waals surface area contributed by atoms with Crippen molar-refractivity contribution in [3.8, 4) is 5.75 Å². The highest BCUT2D eigenvalue weighted by atomic mass is 32.1. The second-order valence-corrected chi connectivity index (χ2v) is 5.43. The van der Waals surface area contributed by atoms with Gasteiger partial charge >= 0.3 is 5.97 Å². The number of carbonyl (C=O) groups is 2. The summed E-state index contributed by atoms with van der Waals surface area (Å²) in [4.78, 5) is 24.0. The highest BCUT2D eigenvalue weighted by Gasteiger charge is 2.21. The lowest BCUT2D eigenvalue weighted by Crippen LogP contribution is -2.16. The molecule has 1 amide bonds. The van der Waals surface area contributed by atoms with Crippen LogP contribution in [0.4, 0.5) is 9.39 Å². The Morgan fingerprint density at radius 1 is 1.38 bits per heavy atom. The van der Waals surface area contributed by atoms with Gasteiger partial charge in [-0.25, -0.2) is 9.18 Å². The summed E-state index contributed by atoms with van der Waals surface area (Å²) >= 11 is 1.11. The summed E-state index contributed by atoms with van der Waals surface area (Å²) in [5, 5.41) is 11.7. The number of anilines is 1. The van der Waals surface area contributed by atoms with Gasteiger partial charge in [0.2, 0.25) is 0 Å². The van der Waals surface area contributed by atoms with Gasteiger partial charge in [0.05, 0.1) is 12.7 Å². The summed E-state index contributed by atoms with van der Waals surface area (Å²) in [5.41, 5.74) is -0.288. The van der Waals surface area contributed by atoms with Gasteiger partial charge in [0.15, 0.2) is 0 Å². The average molecular weight is 309 g/mol. The van der Waals surface area contributed by atoms with E-state index in [0.717, 1.165) is 22.3 Å². The third-order valence-electron chi connectivity index (χ3n) is 2.74. The van der Waals surface area contributed by atoms with E-state index in [1.165, 1.54) is 25.3 Å². The fourth-order valence-electron chi connectivity index (χ4n) is 1.83. The Kier molecular flexibility index (Phi) is 4.23. The number of carbonyl (C=O) groups excluding carboxylic acids is 1. The van der Waals surface area contributed by atoms with E-state index < -0.39 is 17.7 Å². The Morgan fingerprint density at radius 2 is 2.10 bits per heavy atom. The van der Waals surface area contributed by atoms with E-state index in [1.807, 2.05) is 0 Å². The zero-order chi connectivity index (χ0) is 15.6. The molecule has 0 radical (unpaired) electrons. The van der Waals surface area contributed by atoms with E-state index in [1.54, 1.807) is 6.92 Å². The topological polar surface area (TPSA) is 75.6 Å². The molecular weight excluding hydrogens is 297 g/mol. The molecule has 0 saturated carbocycles. The number of carboxylic acid groups (broad SMARTS) is 1. The molecule has 2 aromatic rings. The first-order valence-corrected chi connectivity index (χ1v) is 6.73.